The van der Waals surface area contributed by atoms with Gasteiger partial charge in [-0.15, -0.1) is 0 Å². The molecule has 0 saturated carbocycles. The van der Waals surface area contributed by atoms with Gasteiger partial charge < -0.3 is 9.97 Å². The number of nitrogens with one attached hydrogen (secondary N) is 2. The van der Waals surface area contributed by atoms with Gasteiger partial charge in [0, 0.05) is 22.5 Å². The van der Waals surface area contributed by atoms with Gasteiger partial charge in [-0.3, -0.25) is 0 Å². The lowest BCUT2D eigenvalue weighted by Gasteiger charge is -2.02. The number of aliphatic imine (C=N–C) groups is 2. The number of aryl methyl sites for hydroxylation is 1. The quantitative estimate of drug-likeness (QED) is 0.564. The number of H-pyrrole nitrogens is 2. The van der Waals surface area contributed by atoms with Crippen LogP contribution in [0.5, 0.6) is 0 Å². The number of rotatable bonds is 5. The summed E-state index contributed by atoms with van der Waals surface area (Å²) in [5, 5.41) is 2.32. The van der Waals surface area contributed by atoms with E-state index in [1.807, 2.05) is 0 Å². The average Bonchev–Trinajstić information content (AvgIpc) is 3.57. The second kappa shape index (κ2) is 9.53. The van der Waals surface area contributed by atoms with Crippen LogP contribution in [0, 0.1) is 0 Å². The summed E-state index contributed by atoms with van der Waals surface area (Å²) in [6.45, 7) is 15.4. The zero-order chi connectivity index (χ0) is 25.6. The van der Waals surface area contributed by atoms with Gasteiger partial charge >= 0.3 is 0 Å². The van der Waals surface area contributed by atoms with E-state index in [9.17, 15) is 0 Å². The Balaban J connectivity index is 1.87. The van der Waals surface area contributed by atoms with Crippen molar-refractivity contribution in [2.75, 3.05) is 0 Å². The first kappa shape index (κ1) is 24.2. The predicted molar refractivity (Wildman–Crippen MR) is 153 cm³/mol. The van der Waals surface area contributed by atoms with E-state index in [1.54, 1.807) is 0 Å². The molecule has 2 aromatic heterocycles. The molecule has 0 spiro atoms. The summed E-state index contributed by atoms with van der Waals surface area (Å²) >= 11 is 0. The first-order valence-corrected chi connectivity index (χ1v) is 13.5. The summed E-state index contributed by atoms with van der Waals surface area (Å²) < 4.78 is 0. The van der Waals surface area contributed by atoms with E-state index in [-0.39, 0.29) is 0 Å². The highest BCUT2D eigenvalue weighted by Crippen LogP contribution is 2.32. The zero-order valence-electron chi connectivity index (χ0n) is 22.7. The largest absolute Gasteiger partial charge is 0.355 e. The maximum atomic E-state index is 5.12. The van der Waals surface area contributed by atoms with Gasteiger partial charge in [0.15, 0.2) is 0 Å². The highest BCUT2D eigenvalue weighted by molar-refractivity contribution is 6.24. The number of fused-ring (bicyclic) bond motifs is 6. The Labute approximate surface area is 214 Å². The van der Waals surface area contributed by atoms with Crippen molar-refractivity contribution in [3.05, 3.63) is 72.7 Å². The van der Waals surface area contributed by atoms with Crippen LogP contribution in [0.3, 0.4) is 0 Å². The van der Waals surface area contributed by atoms with Crippen LogP contribution in [-0.4, -0.2) is 26.4 Å². The number of aromatic amines is 2. The minimum atomic E-state index is 0.844. The molecule has 5 heteroatoms. The molecule has 186 valence electrons. The maximum Gasteiger partial charge on any atom is 0.133 e. The molecule has 0 aromatic carbocycles. The van der Waals surface area contributed by atoms with Crippen molar-refractivity contribution in [1.29, 1.82) is 0 Å². The van der Waals surface area contributed by atoms with Crippen LogP contribution < -0.4 is 10.7 Å². The molecule has 5 heterocycles. The third kappa shape index (κ3) is 3.91. The van der Waals surface area contributed by atoms with Crippen LogP contribution in [0.1, 0.15) is 89.6 Å². The van der Waals surface area contributed by atoms with Gasteiger partial charge in [-0.25, -0.2) is 15.0 Å². The van der Waals surface area contributed by atoms with Crippen molar-refractivity contribution >= 4 is 35.7 Å². The van der Waals surface area contributed by atoms with Crippen LogP contribution in [0.15, 0.2) is 43.7 Å². The fourth-order valence-corrected chi connectivity index (χ4v) is 5.78. The molecule has 2 aromatic rings. The van der Waals surface area contributed by atoms with Crippen LogP contribution in [-0.2, 0) is 19.3 Å². The smallest absolute Gasteiger partial charge is 0.133 e. The van der Waals surface area contributed by atoms with E-state index in [4.69, 9.17) is 15.0 Å². The number of aromatic nitrogens is 3. The van der Waals surface area contributed by atoms with Gasteiger partial charge in [0.1, 0.15) is 5.82 Å². The van der Waals surface area contributed by atoms with Crippen LogP contribution in [0.25, 0.3) is 24.3 Å². The van der Waals surface area contributed by atoms with Crippen LogP contribution in [0.2, 0.25) is 0 Å². The van der Waals surface area contributed by atoms with Gasteiger partial charge in [0.05, 0.1) is 28.5 Å². The van der Waals surface area contributed by atoms with Crippen molar-refractivity contribution in [3.63, 3.8) is 0 Å². The molecule has 3 aliphatic heterocycles. The summed E-state index contributed by atoms with van der Waals surface area (Å²) in [6.07, 6.45) is 13.5. The molecular formula is C31H37N5. The summed E-state index contributed by atoms with van der Waals surface area (Å²) in [5.74, 6) is 0.844. The SMILES string of the molecule is CCC1=C(C)C2=Cc3nc(c(CC)[nH]3)C=C3N=C(C=c4[nH]c(c(CC)c4CC)=CC1=N2)C(CC)=C3C. The van der Waals surface area contributed by atoms with Crippen LogP contribution >= 0.6 is 0 Å². The second-order valence-electron chi connectivity index (χ2n) is 9.71. The van der Waals surface area contributed by atoms with Crippen molar-refractivity contribution in [3.8, 4) is 0 Å². The van der Waals surface area contributed by atoms with Gasteiger partial charge in [-0.2, -0.15) is 0 Å². The first-order valence-electron chi connectivity index (χ1n) is 13.5. The first-order chi connectivity index (χ1) is 17.4. The second-order valence-corrected chi connectivity index (χ2v) is 9.71. The molecule has 5 nitrogen and oxygen atoms in total. The molecule has 5 rings (SSSR count). The predicted octanol–water partition coefficient (Wildman–Crippen LogP) is 5.74. The molecule has 3 aliphatic rings. The Morgan fingerprint density at radius 3 is 1.61 bits per heavy atom. The summed E-state index contributed by atoms with van der Waals surface area (Å²) in [7, 11) is 0. The molecule has 36 heavy (non-hydrogen) atoms. The summed E-state index contributed by atoms with van der Waals surface area (Å²) in [4.78, 5) is 22.5. The van der Waals surface area contributed by atoms with E-state index in [0.717, 1.165) is 82.8 Å². The highest BCUT2D eigenvalue weighted by Gasteiger charge is 2.22. The Morgan fingerprint density at radius 1 is 0.611 bits per heavy atom. The third-order valence-electron chi connectivity index (χ3n) is 7.76. The topological polar surface area (TPSA) is 69.2 Å². The van der Waals surface area contributed by atoms with E-state index in [1.165, 1.54) is 33.4 Å². The number of imidazole rings is 1. The fraction of sp³-hybridized carbons (Fsp3) is 0.387. The monoisotopic (exact) mass is 479 g/mol. The molecule has 0 atom stereocenters. The number of allylic oxidation sites excluding steroid dienone is 4. The molecule has 0 aliphatic carbocycles. The van der Waals surface area contributed by atoms with Gasteiger partial charge in [-0.05, 0) is 97.6 Å². The zero-order valence-corrected chi connectivity index (χ0v) is 22.7. The number of hydrogen-bond donors (Lipinski definition) is 2. The lowest BCUT2D eigenvalue weighted by Crippen LogP contribution is -2.16. The number of nitrogens with zero attached hydrogens (tertiary/aromatic N) is 3. The summed E-state index contributed by atoms with van der Waals surface area (Å²) in [6, 6.07) is 0. The minimum Gasteiger partial charge on any atom is -0.355 e. The van der Waals surface area contributed by atoms with E-state index >= 15 is 0 Å². The standard InChI is InChI=1S/C31H37N5/c1-8-19-17(6)24-13-30-23(12-5)35-31(36-30)16-25-18(7)20(9-2)27(33-25)15-29-22(11-4)21(10-3)28(34-29)14-26(19)32-24/h13-16,34H,8-12H2,1-7H3,(H,35,36). The normalized spacial score (nSPS) is 17.1. The van der Waals surface area contributed by atoms with Crippen molar-refractivity contribution in [1.82, 2.24) is 15.0 Å². The lowest BCUT2D eigenvalue weighted by atomic mass is 10.0. The lowest BCUT2D eigenvalue weighted by molar-refractivity contribution is 1.04. The Kier molecular flexibility index (Phi) is 6.42. The van der Waals surface area contributed by atoms with Crippen molar-refractivity contribution < 1.29 is 0 Å². The summed E-state index contributed by atoms with van der Waals surface area (Å²) in [5.41, 5.74) is 14.0. The van der Waals surface area contributed by atoms with Crippen molar-refractivity contribution in [2.45, 2.75) is 80.6 Å². The fourth-order valence-electron chi connectivity index (χ4n) is 5.78. The maximum absolute atomic E-state index is 5.12. The Hall–Kier alpha value is -3.47. The molecule has 0 fully saturated rings. The Morgan fingerprint density at radius 2 is 1.14 bits per heavy atom. The third-order valence-corrected chi connectivity index (χ3v) is 7.76. The molecule has 2 N–H and O–H groups in total. The highest BCUT2D eigenvalue weighted by atomic mass is 14.9. The molecule has 0 saturated heterocycles. The minimum absolute atomic E-state index is 0.844. The van der Waals surface area contributed by atoms with E-state index in [0.29, 0.717) is 0 Å². The van der Waals surface area contributed by atoms with E-state index < -0.39 is 0 Å². The average molecular weight is 480 g/mol. The van der Waals surface area contributed by atoms with E-state index in [2.05, 4.69) is 82.7 Å². The Bertz CT molecular complexity index is 1560. The number of hydrogen-bond acceptors (Lipinski definition) is 3. The van der Waals surface area contributed by atoms with Gasteiger partial charge in [0.2, 0.25) is 0 Å². The van der Waals surface area contributed by atoms with Crippen molar-refractivity contribution in [2.24, 2.45) is 9.98 Å². The molecule has 0 unspecified atom stereocenters. The molecule has 0 radical (unpaired) electrons. The van der Waals surface area contributed by atoms with Gasteiger partial charge in [-0.1, -0.05) is 34.6 Å². The molecular weight excluding hydrogens is 442 g/mol. The van der Waals surface area contributed by atoms with Crippen LogP contribution in [0.4, 0.5) is 0 Å². The molecule has 8 bridgehead atoms. The molecule has 0 amide bonds. The van der Waals surface area contributed by atoms with Gasteiger partial charge in [0.25, 0.3) is 0 Å².